The van der Waals surface area contributed by atoms with Crippen LogP contribution in [0, 0.1) is 6.92 Å². The number of anilines is 3. The number of aryl methyl sites for hydroxylation is 1. The summed E-state index contributed by atoms with van der Waals surface area (Å²) in [6, 6.07) is 37.8. The SMILES string of the molecule is Cc1cnc2c3cc(N(c4ccccc4)c4cccc(Oc5cc(C(C)C)ccn5)c4)ccc3c3ccccc3n12. The minimum atomic E-state index is 0.399. The maximum atomic E-state index is 6.26. The van der Waals surface area contributed by atoms with E-state index in [4.69, 9.17) is 9.72 Å². The fraction of sp³-hybridized carbons (Fsp3) is 0.111. The van der Waals surface area contributed by atoms with Crippen molar-refractivity contribution in [2.45, 2.75) is 26.7 Å². The van der Waals surface area contributed by atoms with E-state index in [-0.39, 0.29) is 0 Å². The van der Waals surface area contributed by atoms with Gasteiger partial charge in [0.2, 0.25) is 5.88 Å². The Bertz CT molecular complexity index is 2030. The normalized spacial score (nSPS) is 11.5. The van der Waals surface area contributed by atoms with Gasteiger partial charge in [0.15, 0.2) is 0 Å². The molecule has 0 aliphatic carbocycles. The summed E-state index contributed by atoms with van der Waals surface area (Å²) in [6.45, 7) is 6.44. The zero-order chi connectivity index (χ0) is 27.9. The highest BCUT2D eigenvalue weighted by Crippen LogP contribution is 2.40. The van der Waals surface area contributed by atoms with Crippen molar-refractivity contribution in [3.05, 3.63) is 133 Å². The second kappa shape index (κ2) is 10.1. The fourth-order valence-electron chi connectivity index (χ4n) is 5.59. The summed E-state index contributed by atoms with van der Waals surface area (Å²) in [5.41, 5.74) is 7.52. The van der Waals surface area contributed by atoms with Crippen molar-refractivity contribution in [1.82, 2.24) is 14.4 Å². The van der Waals surface area contributed by atoms with Crippen molar-refractivity contribution >= 4 is 44.4 Å². The number of rotatable bonds is 6. The molecule has 4 aromatic carbocycles. The summed E-state index contributed by atoms with van der Waals surface area (Å²) in [4.78, 5) is 11.5. The van der Waals surface area contributed by atoms with E-state index in [1.807, 2.05) is 42.7 Å². The second-order valence-corrected chi connectivity index (χ2v) is 10.7. The molecule has 0 radical (unpaired) electrons. The van der Waals surface area contributed by atoms with Crippen LogP contribution in [0.25, 0.3) is 27.3 Å². The van der Waals surface area contributed by atoms with Crippen molar-refractivity contribution in [3.8, 4) is 11.6 Å². The van der Waals surface area contributed by atoms with E-state index >= 15 is 0 Å². The van der Waals surface area contributed by atoms with Gasteiger partial charge in [-0.05, 0) is 72.3 Å². The van der Waals surface area contributed by atoms with Crippen LogP contribution < -0.4 is 9.64 Å². The molecule has 3 aromatic heterocycles. The lowest BCUT2D eigenvalue weighted by Gasteiger charge is -2.26. The molecule has 5 nitrogen and oxygen atoms in total. The van der Waals surface area contributed by atoms with Gasteiger partial charge < -0.3 is 9.64 Å². The number of nitrogens with zero attached hydrogens (tertiary/aromatic N) is 4. The molecule has 0 unspecified atom stereocenters. The maximum absolute atomic E-state index is 6.26. The second-order valence-electron chi connectivity index (χ2n) is 10.7. The van der Waals surface area contributed by atoms with Crippen molar-refractivity contribution in [3.63, 3.8) is 0 Å². The van der Waals surface area contributed by atoms with Crippen LogP contribution in [0.4, 0.5) is 17.1 Å². The highest BCUT2D eigenvalue weighted by molar-refractivity contribution is 6.13. The lowest BCUT2D eigenvalue weighted by Crippen LogP contribution is -2.10. The Labute approximate surface area is 239 Å². The molecule has 200 valence electrons. The van der Waals surface area contributed by atoms with Crippen molar-refractivity contribution < 1.29 is 4.74 Å². The van der Waals surface area contributed by atoms with Crippen LogP contribution in [0.1, 0.15) is 31.0 Å². The molecule has 7 rings (SSSR count). The van der Waals surface area contributed by atoms with E-state index < -0.39 is 0 Å². The topological polar surface area (TPSA) is 42.7 Å². The first-order chi connectivity index (χ1) is 20.1. The van der Waals surface area contributed by atoms with Gasteiger partial charge in [0.25, 0.3) is 0 Å². The van der Waals surface area contributed by atoms with Gasteiger partial charge in [0.1, 0.15) is 11.4 Å². The molecule has 0 saturated carbocycles. The third-order valence-electron chi connectivity index (χ3n) is 7.61. The Morgan fingerprint density at radius 3 is 2.32 bits per heavy atom. The minimum Gasteiger partial charge on any atom is -0.439 e. The summed E-state index contributed by atoms with van der Waals surface area (Å²) in [6.07, 6.45) is 3.76. The largest absolute Gasteiger partial charge is 0.439 e. The highest BCUT2D eigenvalue weighted by atomic mass is 16.5. The maximum Gasteiger partial charge on any atom is 0.219 e. The number of imidazole rings is 1. The molecule has 0 spiro atoms. The van der Waals surface area contributed by atoms with Crippen molar-refractivity contribution in [1.29, 1.82) is 0 Å². The quantitative estimate of drug-likeness (QED) is 0.199. The van der Waals surface area contributed by atoms with Gasteiger partial charge in [-0.25, -0.2) is 9.97 Å². The zero-order valence-corrected chi connectivity index (χ0v) is 23.3. The first kappa shape index (κ1) is 24.9. The smallest absolute Gasteiger partial charge is 0.219 e. The molecule has 41 heavy (non-hydrogen) atoms. The van der Waals surface area contributed by atoms with E-state index in [1.54, 1.807) is 0 Å². The molecule has 0 amide bonds. The van der Waals surface area contributed by atoms with Gasteiger partial charge in [-0.1, -0.05) is 62.4 Å². The van der Waals surface area contributed by atoms with E-state index in [0.29, 0.717) is 11.8 Å². The molecule has 0 bridgehead atoms. The average Bonchev–Trinajstić information content (AvgIpc) is 3.40. The van der Waals surface area contributed by atoms with Gasteiger partial charge in [-0.3, -0.25) is 4.40 Å². The van der Waals surface area contributed by atoms with Crippen LogP contribution in [0.5, 0.6) is 11.6 Å². The number of hydrogen-bond acceptors (Lipinski definition) is 4. The Kier molecular flexibility index (Phi) is 6.12. The van der Waals surface area contributed by atoms with Crippen molar-refractivity contribution in [2.24, 2.45) is 0 Å². The van der Waals surface area contributed by atoms with Crippen LogP contribution >= 0.6 is 0 Å². The number of pyridine rings is 2. The molecule has 5 heteroatoms. The van der Waals surface area contributed by atoms with Gasteiger partial charge in [0.05, 0.1) is 5.52 Å². The Balaban J connectivity index is 1.38. The number of hydrogen-bond donors (Lipinski definition) is 0. The van der Waals surface area contributed by atoms with E-state index in [9.17, 15) is 0 Å². The summed E-state index contributed by atoms with van der Waals surface area (Å²) in [7, 11) is 0. The Hall–Kier alpha value is -5.16. The number of aromatic nitrogens is 3. The molecular weight excluding hydrogens is 504 g/mol. The van der Waals surface area contributed by atoms with E-state index in [0.717, 1.165) is 45.1 Å². The van der Waals surface area contributed by atoms with Crippen LogP contribution in [-0.4, -0.2) is 14.4 Å². The summed E-state index contributed by atoms with van der Waals surface area (Å²) in [5, 5.41) is 3.50. The van der Waals surface area contributed by atoms with Crippen LogP contribution in [0.3, 0.4) is 0 Å². The third-order valence-corrected chi connectivity index (χ3v) is 7.61. The molecule has 3 heterocycles. The third kappa shape index (κ3) is 4.45. The first-order valence-corrected chi connectivity index (χ1v) is 13.9. The number of benzene rings is 4. The van der Waals surface area contributed by atoms with Crippen LogP contribution in [0.15, 0.2) is 122 Å². The Morgan fingerprint density at radius 2 is 1.46 bits per heavy atom. The zero-order valence-electron chi connectivity index (χ0n) is 23.3. The average molecular weight is 535 g/mol. The molecule has 0 aliphatic rings. The molecular formula is C36H30N4O. The molecule has 0 atom stereocenters. The Morgan fingerprint density at radius 1 is 0.683 bits per heavy atom. The standard InChI is InChI=1S/C36H30N4O/c1-24(2)26-18-19-37-35(20-26)41-30-13-9-12-28(21-30)40(27-10-5-4-6-11-27)29-16-17-31-32-14-7-8-15-34(32)39-25(3)23-38-36(39)33(31)22-29/h4-24H,1-3H3. The van der Waals surface area contributed by atoms with Gasteiger partial charge in [-0.2, -0.15) is 0 Å². The predicted molar refractivity (Wildman–Crippen MR) is 168 cm³/mol. The number of fused-ring (bicyclic) bond motifs is 6. The van der Waals surface area contributed by atoms with E-state index in [1.165, 1.54) is 16.3 Å². The van der Waals surface area contributed by atoms with Crippen molar-refractivity contribution in [2.75, 3.05) is 4.90 Å². The summed E-state index contributed by atoms with van der Waals surface area (Å²) < 4.78 is 8.51. The minimum absolute atomic E-state index is 0.399. The molecule has 0 aliphatic heterocycles. The van der Waals surface area contributed by atoms with Gasteiger partial charge in [-0.15, -0.1) is 0 Å². The monoisotopic (exact) mass is 534 g/mol. The molecule has 0 fully saturated rings. The van der Waals surface area contributed by atoms with Crippen LogP contribution in [0.2, 0.25) is 0 Å². The van der Waals surface area contributed by atoms with E-state index in [2.05, 4.69) is 114 Å². The molecule has 0 saturated heterocycles. The molecule has 7 aromatic rings. The highest BCUT2D eigenvalue weighted by Gasteiger charge is 2.17. The predicted octanol–water partition coefficient (Wildman–Crippen LogP) is 9.73. The van der Waals surface area contributed by atoms with Gasteiger partial charge in [0, 0.05) is 58.1 Å². The van der Waals surface area contributed by atoms with Crippen LogP contribution in [-0.2, 0) is 0 Å². The molecule has 0 N–H and O–H groups in total. The fourth-order valence-corrected chi connectivity index (χ4v) is 5.59. The first-order valence-electron chi connectivity index (χ1n) is 13.9. The summed E-state index contributed by atoms with van der Waals surface area (Å²) in [5.74, 6) is 1.72. The number of ether oxygens (including phenoxy) is 1. The number of para-hydroxylation sites is 2. The lowest BCUT2D eigenvalue weighted by atomic mass is 10.0. The lowest BCUT2D eigenvalue weighted by molar-refractivity contribution is 0.462. The van der Waals surface area contributed by atoms with Gasteiger partial charge >= 0.3 is 0 Å². The summed E-state index contributed by atoms with van der Waals surface area (Å²) >= 11 is 0.